The van der Waals surface area contributed by atoms with E-state index in [2.05, 4.69) is 38.8 Å². The quantitative estimate of drug-likeness (QED) is 0.559. The maximum Gasteiger partial charge on any atom is 0.243 e. The second kappa shape index (κ2) is 10.9. The van der Waals surface area contributed by atoms with E-state index in [4.69, 9.17) is 9.47 Å². The molecule has 170 valence electrons. The van der Waals surface area contributed by atoms with Crippen molar-refractivity contribution in [2.24, 2.45) is 0 Å². The van der Waals surface area contributed by atoms with Gasteiger partial charge in [-0.1, -0.05) is 30.3 Å². The number of sulfonamides is 1. The summed E-state index contributed by atoms with van der Waals surface area (Å²) in [4.78, 5) is 4.31. The molecule has 1 heterocycles. The summed E-state index contributed by atoms with van der Waals surface area (Å²) in [5.74, 6) is -0.567. The molecule has 2 aromatic carbocycles. The van der Waals surface area contributed by atoms with Crippen LogP contribution in [0.2, 0.25) is 0 Å². The number of piperazine rings is 1. The first-order valence-corrected chi connectivity index (χ1v) is 11.8. The molecule has 0 unspecified atom stereocenters. The monoisotopic (exact) mass is 451 g/mol. The van der Waals surface area contributed by atoms with Gasteiger partial charge in [0.15, 0.2) is 11.5 Å². The highest BCUT2D eigenvalue weighted by atomic mass is 32.2. The highest BCUT2D eigenvalue weighted by molar-refractivity contribution is 7.89. The molecule has 3 rings (SSSR count). The van der Waals surface area contributed by atoms with Crippen molar-refractivity contribution in [2.75, 3.05) is 53.5 Å². The topological polar surface area (TPSA) is 71.1 Å². The molecular formula is C22H30FN3O4S. The third-order valence-electron chi connectivity index (χ3n) is 5.38. The van der Waals surface area contributed by atoms with Gasteiger partial charge in [-0.2, -0.15) is 0 Å². The third-order valence-corrected chi connectivity index (χ3v) is 6.86. The van der Waals surface area contributed by atoms with Crippen molar-refractivity contribution in [1.29, 1.82) is 0 Å². The fourth-order valence-corrected chi connectivity index (χ4v) is 4.79. The van der Waals surface area contributed by atoms with Crippen LogP contribution in [0.4, 0.5) is 4.39 Å². The van der Waals surface area contributed by atoms with Gasteiger partial charge in [0, 0.05) is 51.4 Å². The van der Waals surface area contributed by atoms with Crippen LogP contribution in [0.15, 0.2) is 47.4 Å². The Bertz CT molecular complexity index is 949. The molecule has 1 saturated heterocycles. The van der Waals surface area contributed by atoms with Crippen LogP contribution in [0.25, 0.3) is 0 Å². The van der Waals surface area contributed by atoms with Crippen LogP contribution in [0.5, 0.6) is 11.5 Å². The zero-order chi connectivity index (χ0) is 22.3. The number of rotatable bonds is 10. The van der Waals surface area contributed by atoms with Gasteiger partial charge in [0.25, 0.3) is 0 Å². The van der Waals surface area contributed by atoms with Crippen molar-refractivity contribution in [3.8, 4) is 11.5 Å². The Morgan fingerprint density at radius 3 is 2.23 bits per heavy atom. The number of nitrogens with zero attached hydrogens (tertiary/aromatic N) is 2. The van der Waals surface area contributed by atoms with Gasteiger partial charge in [0.05, 0.1) is 14.2 Å². The van der Waals surface area contributed by atoms with E-state index in [-0.39, 0.29) is 18.0 Å². The highest BCUT2D eigenvalue weighted by Gasteiger charge is 2.23. The molecule has 1 N–H and O–H groups in total. The van der Waals surface area contributed by atoms with Gasteiger partial charge >= 0.3 is 0 Å². The third kappa shape index (κ3) is 6.39. The van der Waals surface area contributed by atoms with Crippen LogP contribution < -0.4 is 14.2 Å². The molecule has 31 heavy (non-hydrogen) atoms. The van der Waals surface area contributed by atoms with Crippen LogP contribution in [0, 0.1) is 5.82 Å². The van der Waals surface area contributed by atoms with Gasteiger partial charge in [0.2, 0.25) is 10.0 Å². The van der Waals surface area contributed by atoms with Gasteiger partial charge in [-0.05, 0) is 18.5 Å². The summed E-state index contributed by atoms with van der Waals surface area (Å²) < 4.78 is 51.9. The van der Waals surface area contributed by atoms with E-state index >= 15 is 0 Å². The van der Waals surface area contributed by atoms with Crippen LogP contribution in [0.3, 0.4) is 0 Å². The average Bonchev–Trinajstić information content (AvgIpc) is 2.78. The van der Waals surface area contributed by atoms with Gasteiger partial charge in [0.1, 0.15) is 10.7 Å². The second-order valence-electron chi connectivity index (χ2n) is 7.49. The number of hydrogen-bond donors (Lipinski definition) is 1. The summed E-state index contributed by atoms with van der Waals surface area (Å²) >= 11 is 0. The van der Waals surface area contributed by atoms with Crippen molar-refractivity contribution in [3.05, 3.63) is 53.8 Å². The Morgan fingerprint density at radius 1 is 0.968 bits per heavy atom. The minimum Gasteiger partial charge on any atom is -0.493 e. The second-order valence-corrected chi connectivity index (χ2v) is 9.23. The molecule has 1 fully saturated rings. The molecule has 0 aliphatic carbocycles. The summed E-state index contributed by atoms with van der Waals surface area (Å²) in [7, 11) is -1.24. The van der Waals surface area contributed by atoms with Crippen molar-refractivity contribution >= 4 is 10.0 Å². The smallest absolute Gasteiger partial charge is 0.243 e. The van der Waals surface area contributed by atoms with Gasteiger partial charge in [-0.3, -0.25) is 4.90 Å². The summed E-state index contributed by atoms with van der Waals surface area (Å²) in [5.41, 5.74) is 1.31. The number of halogens is 1. The maximum absolute atomic E-state index is 14.3. The Kier molecular flexibility index (Phi) is 8.25. The first-order valence-electron chi connectivity index (χ1n) is 10.3. The molecule has 2 aromatic rings. The molecule has 1 aliphatic heterocycles. The highest BCUT2D eigenvalue weighted by Crippen LogP contribution is 2.31. The van der Waals surface area contributed by atoms with Crippen molar-refractivity contribution in [3.63, 3.8) is 0 Å². The van der Waals surface area contributed by atoms with E-state index in [0.717, 1.165) is 51.4 Å². The lowest BCUT2D eigenvalue weighted by Crippen LogP contribution is -2.46. The molecule has 0 radical (unpaired) electrons. The van der Waals surface area contributed by atoms with Crippen molar-refractivity contribution in [2.45, 2.75) is 17.9 Å². The SMILES string of the molecule is COc1cc(F)c(S(=O)(=O)NCCCN2CCN(Cc3ccccc3)CC2)cc1OC. The van der Waals surface area contributed by atoms with E-state index in [9.17, 15) is 12.8 Å². The maximum atomic E-state index is 14.3. The molecule has 0 saturated carbocycles. The Morgan fingerprint density at radius 2 is 1.58 bits per heavy atom. The predicted molar refractivity (Wildman–Crippen MR) is 117 cm³/mol. The van der Waals surface area contributed by atoms with Gasteiger partial charge in [-0.25, -0.2) is 17.5 Å². The molecular weight excluding hydrogens is 421 g/mol. The number of benzene rings is 2. The van der Waals surface area contributed by atoms with Crippen LogP contribution >= 0.6 is 0 Å². The fraction of sp³-hybridized carbons (Fsp3) is 0.455. The molecule has 0 amide bonds. The van der Waals surface area contributed by atoms with Gasteiger partial charge < -0.3 is 14.4 Å². The van der Waals surface area contributed by atoms with E-state index in [0.29, 0.717) is 6.42 Å². The van der Waals surface area contributed by atoms with Gasteiger partial charge in [-0.15, -0.1) is 0 Å². The zero-order valence-electron chi connectivity index (χ0n) is 18.0. The molecule has 0 aromatic heterocycles. The largest absolute Gasteiger partial charge is 0.493 e. The Balaban J connectivity index is 1.43. The summed E-state index contributed by atoms with van der Waals surface area (Å²) in [6, 6.07) is 12.6. The normalized spacial score (nSPS) is 15.7. The standard InChI is InChI=1S/C22H30FN3O4S/c1-29-20-15-19(23)22(16-21(20)30-2)31(27,28)24-9-6-10-25-11-13-26(14-12-25)17-18-7-4-3-5-8-18/h3-5,7-8,15-16,24H,6,9-14,17H2,1-2H3. The van der Waals surface area contributed by atoms with E-state index in [1.165, 1.54) is 19.8 Å². The van der Waals surface area contributed by atoms with Crippen molar-refractivity contribution in [1.82, 2.24) is 14.5 Å². The number of methoxy groups -OCH3 is 2. The van der Waals surface area contributed by atoms with E-state index < -0.39 is 20.7 Å². The number of ether oxygens (including phenoxy) is 2. The minimum atomic E-state index is -3.98. The molecule has 1 aliphatic rings. The molecule has 7 nitrogen and oxygen atoms in total. The first-order chi connectivity index (χ1) is 14.9. The molecule has 0 bridgehead atoms. The van der Waals surface area contributed by atoms with Crippen LogP contribution in [0.1, 0.15) is 12.0 Å². The fourth-order valence-electron chi connectivity index (χ4n) is 3.64. The van der Waals surface area contributed by atoms with E-state index in [1.54, 1.807) is 0 Å². The number of nitrogens with one attached hydrogen (secondary N) is 1. The molecule has 0 spiro atoms. The average molecular weight is 452 g/mol. The van der Waals surface area contributed by atoms with Crippen LogP contribution in [-0.4, -0.2) is 71.7 Å². The zero-order valence-corrected chi connectivity index (χ0v) is 18.8. The van der Waals surface area contributed by atoms with E-state index in [1.807, 2.05) is 6.07 Å². The lowest BCUT2D eigenvalue weighted by Gasteiger charge is -2.34. The van der Waals surface area contributed by atoms with Crippen LogP contribution in [-0.2, 0) is 16.6 Å². The lowest BCUT2D eigenvalue weighted by atomic mass is 10.2. The first kappa shape index (κ1) is 23.5. The summed E-state index contributed by atoms with van der Waals surface area (Å²) in [6.45, 7) is 5.84. The predicted octanol–water partition coefficient (Wildman–Crippen LogP) is 2.33. The summed E-state index contributed by atoms with van der Waals surface area (Å²) in [6.07, 6.45) is 0.646. The summed E-state index contributed by atoms with van der Waals surface area (Å²) in [5, 5.41) is 0. The molecule has 9 heteroatoms. The minimum absolute atomic E-state index is 0.144. The Hall–Kier alpha value is -2.20. The Labute approximate surface area is 183 Å². The molecule has 0 atom stereocenters. The number of hydrogen-bond acceptors (Lipinski definition) is 6. The lowest BCUT2D eigenvalue weighted by molar-refractivity contribution is 0.126. The van der Waals surface area contributed by atoms with Crippen molar-refractivity contribution < 1.29 is 22.3 Å².